The van der Waals surface area contributed by atoms with Crippen molar-refractivity contribution >= 4 is 23.6 Å². The summed E-state index contributed by atoms with van der Waals surface area (Å²) >= 11 is -4.89. The van der Waals surface area contributed by atoms with Gasteiger partial charge in [0.05, 0.1) is 0 Å². The number of nitrogens with zero attached hydrogens (tertiary/aromatic N) is 2. The second kappa shape index (κ2) is 9.35. The van der Waals surface area contributed by atoms with Gasteiger partial charge in [0.1, 0.15) is 0 Å². The van der Waals surface area contributed by atoms with Crippen LogP contribution in [0.5, 0.6) is 0 Å². The van der Waals surface area contributed by atoms with Crippen LogP contribution in [-0.4, -0.2) is 47.0 Å². The third kappa shape index (κ3) is 5.90. The van der Waals surface area contributed by atoms with Crippen LogP contribution in [0.2, 0.25) is 0 Å². The fourth-order valence-electron chi connectivity index (χ4n) is 2.24. The molecule has 0 aliphatic carbocycles. The summed E-state index contributed by atoms with van der Waals surface area (Å²) in [6, 6.07) is 0. The quantitative estimate of drug-likeness (QED) is 0.383. The molecule has 10 nitrogen and oxygen atoms in total. The zero-order valence-electron chi connectivity index (χ0n) is 16.1. The molecule has 0 aromatic rings. The number of hydrogen-bond donors (Lipinski definition) is 0. The van der Waals surface area contributed by atoms with Crippen molar-refractivity contribution in [3.8, 4) is 0 Å². The summed E-state index contributed by atoms with van der Waals surface area (Å²) in [6.45, 7) is 7.82. The van der Waals surface area contributed by atoms with Gasteiger partial charge in [-0.3, -0.25) is 0 Å². The van der Waals surface area contributed by atoms with E-state index in [2.05, 4.69) is 0 Å². The van der Waals surface area contributed by atoms with Gasteiger partial charge in [0.15, 0.2) is 0 Å². The molecule has 0 atom stereocenters. The van der Waals surface area contributed by atoms with Crippen LogP contribution in [0.15, 0.2) is 0 Å². The van der Waals surface area contributed by atoms with Crippen molar-refractivity contribution in [1.29, 1.82) is 0 Å². The number of imide groups is 2. The van der Waals surface area contributed by atoms with Crippen molar-refractivity contribution in [2.45, 2.75) is 53.4 Å². The first-order chi connectivity index (χ1) is 12.6. The number of hydrogen-bond acceptors (Lipinski definition) is 8. The maximum atomic E-state index is 12.0. The minimum absolute atomic E-state index is 0.00703. The van der Waals surface area contributed by atoms with Crippen LogP contribution in [0.1, 0.15) is 53.4 Å². The van der Waals surface area contributed by atoms with Gasteiger partial charge in [0.2, 0.25) is 0 Å². The normalized spacial score (nSPS) is 18.7. The summed E-state index contributed by atoms with van der Waals surface area (Å²) in [5, 5.41) is 1.18. The molecule has 2 fully saturated rings. The van der Waals surface area contributed by atoms with Crippen molar-refractivity contribution in [2.24, 2.45) is 11.8 Å². The minimum atomic E-state index is -4.89. The Morgan fingerprint density at radius 3 is 1.26 bits per heavy atom. The fraction of sp³-hybridized carbons (Fsp3) is 0.750. The number of hydroxylamine groups is 4. The maximum absolute atomic E-state index is 12.0. The number of rotatable bonds is 10. The Labute approximate surface area is 163 Å². The van der Waals surface area contributed by atoms with E-state index in [1.165, 1.54) is 0 Å². The zero-order chi connectivity index (χ0) is 20.2. The average molecular weight is 422 g/mol. The van der Waals surface area contributed by atoms with E-state index in [9.17, 15) is 19.2 Å². The topological polar surface area (TPSA) is 112 Å². The summed E-state index contributed by atoms with van der Waals surface area (Å²) in [4.78, 5) is 48.0. The van der Waals surface area contributed by atoms with Crippen molar-refractivity contribution in [2.75, 3.05) is 13.2 Å². The Bertz CT molecular complexity index is 525. The van der Waals surface area contributed by atoms with Gasteiger partial charge in [0, 0.05) is 0 Å². The first-order valence-corrected chi connectivity index (χ1v) is 11.6. The molecule has 11 heteroatoms. The molecule has 0 spiro atoms. The molecule has 2 saturated heterocycles. The number of carbonyl (C=O) groups excluding carboxylic acids is 4. The summed E-state index contributed by atoms with van der Waals surface area (Å²) in [5.41, 5.74) is 0. The van der Waals surface area contributed by atoms with E-state index in [1.54, 1.807) is 0 Å². The van der Waals surface area contributed by atoms with Crippen LogP contribution in [0, 0.1) is 11.8 Å². The molecule has 2 heterocycles. The van der Waals surface area contributed by atoms with Crippen LogP contribution >= 0.6 is 0 Å². The van der Waals surface area contributed by atoms with Crippen molar-refractivity contribution < 1.29 is 50.8 Å². The van der Waals surface area contributed by atoms with Crippen molar-refractivity contribution in [1.82, 2.24) is 10.1 Å². The molecule has 0 unspecified atom stereocenters. The summed E-state index contributed by atoms with van der Waals surface area (Å²) in [5.74, 6) is -2.06. The Kier molecular flexibility index (Phi) is 7.67. The van der Waals surface area contributed by atoms with E-state index in [1.807, 2.05) is 27.7 Å². The Balaban J connectivity index is 2.30. The third-order valence-corrected chi connectivity index (χ3v) is 6.50. The standard InChI is InChI=1S/2C4H4NO3.2C4H9O.Ti/c2*6-3-1-2-4(7)5(3)8;2*1-4(2)3-5;/h2*1-2H2;2*4H,3H2,1-2H3;/q4*-1;+4. The summed E-state index contributed by atoms with van der Waals surface area (Å²) in [7, 11) is 0. The predicted molar refractivity (Wildman–Crippen MR) is 85.9 cm³/mol. The number of carbonyl (C=O) groups is 4. The van der Waals surface area contributed by atoms with E-state index < -0.39 is 41.8 Å². The second-order valence-corrected chi connectivity index (χ2v) is 10.3. The molecule has 0 aromatic carbocycles. The van der Waals surface area contributed by atoms with Crippen LogP contribution in [0.25, 0.3) is 0 Å². The van der Waals surface area contributed by atoms with Gasteiger partial charge >= 0.3 is 163 Å². The number of amides is 4. The Morgan fingerprint density at radius 1 is 0.704 bits per heavy atom. The molecule has 0 saturated carbocycles. The predicted octanol–water partition coefficient (Wildman–Crippen LogP) is 1.31. The molecular weight excluding hydrogens is 396 g/mol. The molecule has 27 heavy (non-hydrogen) atoms. The summed E-state index contributed by atoms with van der Waals surface area (Å²) in [6.07, 6.45) is 0.0281. The molecule has 0 N–H and O–H groups in total. The van der Waals surface area contributed by atoms with E-state index in [4.69, 9.17) is 13.5 Å². The van der Waals surface area contributed by atoms with Crippen LogP contribution < -0.4 is 0 Å². The van der Waals surface area contributed by atoms with E-state index in [0.29, 0.717) is 10.1 Å². The van der Waals surface area contributed by atoms with E-state index in [0.717, 1.165) is 0 Å². The first-order valence-electron chi connectivity index (χ1n) is 9.01. The zero-order valence-corrected chi connectivity index (χ0v) is 17.6. The van der Waals surface area contributed by atoms with Gasteiger partial charge in [-0.25, -0.2) is 0 Å². The van der Waals surface area contributed by atoms with Crippen molar-refractivity contribution in [3.05, 3.63) is 0 Å². The average Bonchev–Trinajstić information content (AvgIpc) is 3.08. The fourth-order valence-corrected chi connectivity index (χ4v) is 5.76. The van der Waals surface area contributed by atoms with Gasteiger partial charge in [-0.1, -0.05) is 0 Å². The van der Waals surface area contributed by atoms with E-state index in [-0.39, 0.29) is 50.7 Å². The monoisotopic (exact) mass is 422 g/mol. The van der Waals surface area contributed by atoms with Gasteiger partial charge in [-0.2, -0.15) is 0 Å². The van der Waals surface area contributed by atoms with Gasteiger partial charge in [-0.15, -0.1) is 0 Å². The Morgan fingerprint density at radius 2 is 1.00 bits per heavy atom. The van der Waals surface area contributed by atoms with Crippen LogP contribution in [0.3, 0.4) is 0 Å². The van der Waals surface area contributed by atoms with Gasteiger partial charge in [-0.05, 0) is 0 Å². The van der Waals surface area contributed by atoms with Crippen LogP contribution in [0.4, 0.5) is 0 Å². The molecule has 152 valence electrons. The van der Waals surface area contributed by atoms with Gasteiger partial charge < -0.3 is 0 Å². The molecule has 0 aromatic heterocycles. The molecular formula is C16H26N2O8Ti. The van der Waals surface area contributed by atoms with Crippen LogP contribution in [-0.2, 0) is 50.8 Å². The Hall–Kier alpha value is -1.17. The second-order valence-electron chi connectivity index (χ2n) is 7.26. The third-order valence-electron chi connectivity index (χ3n) is 3.60. The SMILES string of the molecule is CC(C)C[O][Ti]([O]CC(C)C)([O]N1C(=O)CCC1=O)[O]N1C(=O)CCC1=O. The summed E-state index contributed by atoms with van der Waals surface area (Å²) < 4.78 is 22.8. The molecule has 0 radical (unpaired) electrons. The van der Waals surface area contributed by atoms with E-state index >= 15 is 0 Å². The van der Waals surface area contributed by atoms with Gasteiger partial charge in [0.25, 0.3) is 0 Å². The molecule has 2 rings (SSSR count). The molecule has 0 bridgehead atoms. The molecule has 2 aliphatic rings. The van der Waals surface area contributed by atoms with Crippen molar-refractivity contribution in [3.63, 3.8) is 0 Å². The molecule has 4 amide bonds. The first kappa shape index (κ1) is 22.1. The molecule has 2 aliphatic heterocycles.